The molecule has 18 heavy (non-hydrogen) atoms. The number of carbonyl (C=O) groups excluding carboxylic acids is 1. The molecule has 0 saturated carbocycles. The van der Waals surface area contributed by atoms with Crippen molar-refractivity contribution >= 4 is 5.91 Å². The van der Waals surface area contributed by atoms with E-state index >= 15 is 0 Å². The topological polar surface area (TPSA) is 41.6 Å². The molecule has 0 radical (unpaired) electrons. The predicted octanol–water partition coefficient (Wildman–Crippen LogP) is 1.40. The minimum absolute atomic E-state index is 0.184. The number of piperidine rings is 1. The predicted molar refractivity (Wildman–Crippen MR) is 71.4 cm³/mol. The monoisotopic (exact) mass is 254 g/mol. The van der Waals surface area contributed by atoms with E-state index in [0.29, 0.717) is 18.9 Å². The third-order valence-electron chi connectivity index (χ3n) is 4.15. The zero-order valence-corrected chi connectivity index (χ0v) is 11.7. The van der Waals surface area contributed by atoms with E-state index in [2.05, 4.69) is 12.2 Å². The van der Waals surface area contributed by atoms with E-state index < -0.39 is 0 Å². The van der Waals surface area contributed by atoms with Crippen molar-refractivity contribution in [3.8, 4) is 0 Å². The molecule has 0 aromatic rings. The van der Waals surface area contributed by atoms with Gasteiger partial charge < -0.3 is 15.0 Å². The highest BCUT2D eigenvalue weighted by molar-refractivity contribution is 5.76. The van der Waals surface area contributed by atoms with E-state index in [0.717, 1.165) is 32.0 Å². The molecule has 2 aliphatic rings. The van der Waals surface area contributed by atoms with Gasteiger partial charge >= 0.3 is 0 Å². The van der Waals surface area contributed by atoms with E-state index in [-0.39, 0.29) is 12.1 Å². The molecule has 104 valence electrons. The third-order valence-corrected chi connectivity index (χ3v) is 4.15. The van der Waals surface area contributed by atoms with Crippen molar-refractivity contribution in [3.63, 3.8) is 0 Å². The summed E-state index contributed by atoms with van der Waals surface area (Å²) in [4.78, 5) is 14.3. The Hall–Kier alpha value is -0.610. The molecule has 2 aliphatic heterocycles. The lowest BCUT2D eigenvalue weighted by Crippen LogP contribution is -2.50. The fraction of sp³-hybridized carbons (Fsp3) is 0.929. The van der Waals surface area contributed by atoms with Crippen LogP contribution in [0.2, 0.25) is 0 Å². The van der Waals surface area contributed by atoms with Crippen LogP contribution < -0.4 is 5.32 Å². The zero-order chi connectivity index (χ0) is 13.0. The minimum atomic E-state index is 0.184. The maximum atomic E-state index is 12.3. The van der Waals surface area contributed by atoms with Crippen LogP contribution in [0.1, 0.15) is 39.5 Å². The first kappa shape index (κ1) is 13.8. The van der Waals surface area contributed by atoms with Gasteiger partial charge in [-0.3, -0.25) is 4.79 Å². The molecule has 0 aromatic carbocycles. The second-order valence-corrected chi connectivity index (χ2v) is 5.77. The molecule has 2 fully saturated rings. The third kappa shape index (κ3) is 3.69. The van der Waals surface area contributed by atoms with Crippen LogP contribution in [-0.2, 0) is 9.53 Å². The Balaban J connectivity index is 1.75. The van der Waals surface area contributed by atoms with Crippen LogP contribution in [0, 0.1) is 5.92 Å². The van der Waals surface area contributed by atoms with Crippen molar-refractivity contribution in [3.05, 3.63) is 0 Å². The summed E-state index contributed by atoms with van der Waals surface area (Å²) in [6.45, 7) is 7.79. The van der Waals surface area contributed by atoms with Crippen LogP contribution in [0.4, 0.5) is 0 Å². The van der Waals surface area contributed by atoms with Crippen molar-refractivity contribution in [1.82, 2.24) is 10.2 Å². The van der Waals surface area contributed by atoms with Crippen LogP contribution in [-0.4, -0.2) is 49.2 Å². The van der Waals surface area contributed by atoms with Crippen molar-refractivity contribution in [2.24, 2.45) is 5.92 Å². The summed E-state index contributed by atoms with van der Waals surface area (Å²) in [5.41, 5.74) is 0. The normalized spacial score (nSPS) is 30.4. The summed E-state index contributed by atoms with van der Waals surface area (Å²) >= 11 is 0. The number of hydrogen-bond donors (Lipinski definition) is 1. The first-order valence-corrected chi connectivity index (χ1v) is 7.28. The SMILES string of the molecule is C[C@@H]1CO[C@@H](C)CN1C(=O)CCC1CCNCC1. The number of nitrogens with zero attached hydrogens (tertiary/aromatic N) is 1. The number of hydrogen-bond acceptors (Lipinski definition) is 3. The highest BCUT2D eigenvalue weighted by atomic mass is 16.5. The summed E-state index contributed by atoms with van der Waals surface area (Å²) in [7, 11) is 0. The van der Waals surface area contributed by atoms with E-state index in [4.69, 9.17) is 4.74 Å². The van der Waals surface area contributed by atoms with Gasteiger partial charge in [0.15, 0.2) is 0 Å². The van der Waals surface area contributed by atoms with Gasteiger partial charge in [0.05, 0.1) is 18.8 Å². The summed E-state index contributed by atoms with van der Waals surface area (Å²) in [6, 6.07) is 0.238. The number of rotatable bonds is 3. The Kier molecular flexibility index (Phi) is 5.01. The van der Waals surface area contributed by atoms with Crippen LogP contribution in [0.5, 0.6) is 0 Å². The van der Waals surface area contributed by atoms with E-state index in [1.807, 2.05) is 11.8 Å². The summed E-state index contributed by atoms with van der Waals surface area (Å²) in [5, 5.41) is 3.37. The Morgan fingerprint density at radius 3 is 2.78 bits per heavy atom. The van der Waals surface area contributed by atoms with Gasteiger partial charge in [-0.25, -0.2) is 0 Å². The zero-order valence-electron chi connectivity index (χ0n) is 11.7. The summed E-state index contributed by atoms with van der Waals surface area (Å²) in [6.07, 6.45) is 4.40. The molecule has 0 aromatic heterocycles. The van der Waals surface area contributed by atoms with Gasteiger partial charge in [-0.05, 0) is 52.1 Å². The molecule has 4 heteroatoms. The number of ether oxygens (including phenoxy) is 1. The van der Waals surface area contributed by atoms with Crippen LogP contribution in [0.25, 0.3) is 0 Å². The Labute approximate surface area is 110 Å². The molecule has 0 unspecified atom stereocenters. The van der Waals surface area contributed by atoms with Gasteiger partial charge in [0.1, 0.15) is 0 Å². The van der Waals surface area contributed by atoms with Gasteiger partial charge in [-0.15, -0.1) is 0 Å². The molecule has 0 aliphatic carbocycles. The average Bonchev–Trinajstić information content (AvgIpc) is 2.40. The quantitative estimate of drug-likeness (QED) is 0.828. The highest BCUT2D eigenvalue weighted by Crippen LogP contribution is 2.20. The lowest BCUT2D eigenvalue weighted by molar-refractivity contribution is -0.143. The Morgan fingerprint density at radius 1 is 1.33 bits per heavy atom. The lowest BCUT2D eigenvalue weighted by atomic mass is 9.93. The number of carbonyl (C=O) groups is 1. The van der Waals surface area contributed by atoms with Gasteiger partial charge in [0.25, 0.3) is 0 Å². The molecule has 2 atom stereocenters. The summed E-state index contributed by atoms with van der Waals surface area (Å²) < 4.78 is 5.56. The maximum absolute atomic E-state index is 12.3. The van der Waals surface area contributed by atoms with E-state index in [1.165, 1.54) is 12.8 Å². The minimum Gasteiger partial charge on any atom is -0.375 e. The second kappa shape index (κ2) is 6.53. The largest absolute Gasteiger partial charge is 0.375 e. The van der Waals surface area contributed by atoms with Gasteiger partial charge in [-0.2, -0.15) is 0 Å². The fourth-order valence-corrected chi connectivity index (χ4v) is 2.89. The molecule has 4 nitrogen and oxygen atoms in total. The first-order valence-electron chi connectivity index (χ1n) is 7.28. The fourth-order valence-electron chi connectivity index (χ4n) is 2.89. The van der Waals surface area contributed by atoms with Crippen LogP contribution >= 0.6 is 0 Å². The first-order chi connectivity index (χ1) is 8.66. The smallest absolute Gasteiger partial charge is 0.222 e. The number of amides is 1. The van der Waals surface area contributed by atoms with Crippen molar-refractivity contribution in [2.75, 3.05) is 26.2 Å². The standard InChI is InChI=1S/C14H26N2O2/c1-11-10-18-12(2)9-16(11)14(17)4-3-13-5-7-15-8-6-13/h11-13,15H,3-10H2,1-2H3/t11-,12+/m1/s1. The summed E-state index contributed by atoms with van der Waals surface area (Å²) in [5.74, 6) is 1.06. The van der Waals surface area contributed by atoms with Crippen LogP contribution in [0.3, 0.4) is 0 Å². The molecular formula is C14H26N2O2. The van der Waals surface area contributed by atoms with Gasteiger partial charge in [-0.1, -0.05) is 0 Å². The maximum Gasteiger partial charge on any atom is 0.222 e. The Morgan fingerprint density at radius 2 is 2.06 bits per heavy atom. The molecule has 0 bridgehead atoms. The molecular weight excluding hydrogens is 228 g/mol. The average molecular weight is 254 g/mol. The second-order valence-electron chi connectivity index (χ2n) is 5.77. The van der Waals surface area contributed by atoms with Crippen molar-refractivity contribution < 1.29 is 9.53 Å². The van der Waals surface area contributed by atoms with E-state index in [9.17, 15) is 4.79 Å². The molecule has 1 amide bonds. The molecule has 2 heterocycles. The van der Waals surface area contributed by atoms with Crippen molar-refractivity contribution in [2.45, 2.75) is 51.7 Å². The van der Waals surface area contributed by atoms with Gasteiger partial charge in [0.2, 0.25) is 5.91 Å². The van der Waals surface area contributed by atoms with Gasteiger partial charge in [0, 0.05) is 13.0 Å². The Bertz CT molecular complexity index is 277. The molecule has 1 N–H and O–H groups in total. The number of morpholine rings is 1. The van der Waals surface area contributed by atoms with Crippen molar-refractivity contribution in [1.29, 1.82) is 0 Å². The molecule has 2 saturated heterocycles. The van der Waals surface area contributed by atoms with E-state index in [1.54, 1.807) is 0 Å². The number of nitrogens with one attached hydrogen (secondary N) is 1. The molecule has 0 spiro atoms. The molecule has 2 rings (SSSR count). The van der Waals surface area contributed by atoms with Crippen LogP contribution in [0.15, 0.2) is 0 Å². The highest BCUT2D eigenvalue weighted by Gasteiger charge is 2.27. The lowest BCUT2D eigenvalue weighted by Gasteiger charge is -2.37.